The molecule has 2 nitrogen and oxygen atoms in total. The predicted octanol–water partition coefficient (Wildman–Crippen LogP) is 2.39. The Hall–Kier alpha value is -1.31. The second-order valence-electron chi connectivity index (χ2n) is 3.69. The number of amides is 1. The maximum absolute atomic E-state index is 11.7. The maximum atomic E-state index is 11.7. The van der Waals surface area contributed by atoms with Crippen LogP contribution in [0.25, 0.3) is 0 Å². The fourth-order valence-corrected chi connectivity index (χ4v) is 1.64. The van der Waals surface area contributed by atoms with Crippen LogP contribution < -0.4 is 5.32 Å². The normalized spacial score (nSPS) is 12.1. The van der Waals surface area contributed by atoms with Crippen molar-refractivity contribution < 1.29 is 4.79 Å². The fraction of sp³-hybridized carbons (Fsp3) is 0.462. The summed E-state index contributed by atoms with van der Waals surface area (Å²) in [5.41, 5.74) is 1.23. The Balaban J connectivity index is 2.58. The number of carbonyl (C=O) groups excluding carboxylic acids is 1. The largest absolute Gasteiger partial charge is 0.356 e. The van der Waals surface area contributed by atoms with E-state index in [0.717, 1.165) is 12.8 Å². The van der Waals surface area contributed by atoms with Crippen LogP contribution in [0.3, 0.4) is 0 Å². The molecule has 0 aliphatic carbocycles. The van der Waals surface area contributed by atoms with Crippen molar-refractivity contribution in [2.45, 2.75) is 26.7 Å². The molecule has 0 spiro atoms. The molecule has 15 heavy (non-hydrogen) atoms. The van der Waals surface area contributed by atoms with E-state index in [4.69, 9.17) is 0 Å². The molecule has 0 bridgehead atoms. The highest BCUT2D eigenvalue weighted by molar-refractivity contribution is 5.78. The van der Waals surface area contributed by atoms with E-state index in [1.54, 1.807) is 0 Å². The molecule has 0 unspecified atom stereocenters. The van der Waals surface area contributed by atoms with E-state index in [-0.39, 0.29) is 11.8 Å². The van der Waals surface area contributed by atoms with Gasteiger partial charge in [0.05, 0.1) is 0 Å². The van der Waals surface area contributed by atoms with Crippen LogP contribution in [0.5, 0.6) is 0 Å². The fourth-order valence-electron chi connectivity index (χ4n) is 1.64. The molecule has 0 aliphatic heterocycles. The van der Waals surface area contributed by atoms with E-state index < -0.39 is 0 Å². The lowest BCUT2D eigenvalue weighted by atomic mass is 9.96. The van der Waals surface area contributed by atoms with E-state index in [0.29, 0.717) is 6.54 Å². The van der Waals surface area contributed by atoms with Gasteiger partial charge in [0.2, 0.25) is 5.91 Å². The van der Waals surface area contributed by atoms with E-state index in [1.807, 2.05) is 25.1 Å². The molecule has 0 aromatic heterocycles. The van der Waals surface area contributed by atoms with Gasteiger partial charge in [-0.2, -0.15) is 0 Å². The molecule has 0 saturated carbocycles. The summed E-state index contributed by atoms with van der Waals surface area (Å²) in [4.78, 5) is 11.7. The van der Waals surface area contributed by atoms with Crippen LogP contribution in [0.4, 0.5) is 0 Å². The molecule has 2 heteroatoms. The molecule has 82 valence electrons. The first kappa shape index (κ1) is 11.8. The third-order valence-corrected chi connectivity index (χ3v) is 2.54. The summed E-state index contributed by atoms with van der Waals surface area (Å²) in [7, 11) is 0. The Labute approximate surface area is 91.7 Å². The SMILES string of the molecule is CCNC(=O)[C@H](CC)Cc1ccccc1. The van der Waals surface area contributed by atoms with E-state index in [1.165, 1.54) is 5.56 Å². The smallest absolute Gasteiger partial charge is 0.223 e. The molecule has 1 atom stereocenters. The first-order valence-electron chi connectivity index (χ1n) is 5.59. The summed E-state index contributed by atoms with van der Waals surface area (Å²) in [6.45, 7) is 4.72. The second kappa shape index (κ2) is 6.23. The Morgan fingerprint density at radius 1 is 1.27 bits per heavy atom. The van der Waals surface area contributed by atoms with Crippen molar-refractivity contribution >= 4 is 5.91 Å². The highest BCUT2D eigenvalue weighted by atomic mass is 16.1. The Morgan fingerprint density at radius 3 is 2.47 bits per heavy atom. The van der Waals surface area contributed by atoms with Crippen LogP contribution in [-0.2, 0) is 11.2 Å². The molecule has 1 aromatic rings. The average molecular weight is 205 g/mol. The van der Waals surface area contributed by atoms with E-state index in [2.05, 4.69) is 24.4 Å². The number of nitrogens with one attached hydrogen (secondary N) is 1. The standard InChI is InChI=1S/C13H19NO/c1-3-12(13(15)14-4-2)10-11-8-6-5-7-9-11/h5-9,12H,3-4,10H2,1-2H3,(H,14,15)/t12-/m1/s1. The zero-order chi connectivity index (χ0) is 11.1. The number of carbonyl (C=O) groups is 1. The van der Waals surface area contributed by atoms with Gasteiger partial charge in [-0.25, -0.2) is 0 Å². The molecule has 0 fully saturated rings. The second-order valence-corrected chi connectivity index (χ2v) is 3.69. The molecule has 1 amide bonds. The quantitative estimate of drug-likeness (QED) is 0.785. The van der Waals surface area contributed by atoms with Crippen LogP contribution in [0.1, 0.15) is 25.8 Å². The molecule has 0 saturated heterocycles. The Bertz CT molecular complexity index is 295. The van der Waals surface area contributed by atoms with E-state index in [9.17, 15) is 4.79 Å². The van der Waals surface area contributed by atoms with Crippen molar-refractivity contribution in [3.05, 3.63) is 35.9 Å². The summed E-state index contributed by atoms with van der Waals surface area (Å²) in [5, 5.41) is 2.88. The highest BCUT2D eigenvalue weighted by Crippen LogP contribution is 2.12. The van der Waals surface area contributed by atoms with Crippen LogP contribution in [0, 0.1) is 5.92 Å². The van der Waals surface area contributed by atoms with Gasteiger partial charge in [0.25, 0.3) is 0 Å². The molecule has 0 radical (unpaired) electrons. The third-order valence-electron chi connectivity index (χ3n) is 2.54. The lowest BCUT2D eigenvalue weighted by Gasteiger charge is -2.14. The lowest BCUT2D eigenvalue weighted by molar-refractivity contribution is -0.124. The van der Waals surface area contributed by atoms with Crippen molar-refractivity contribution in [3.63, 3.8) is 0 Å². The summed E-state index contributed by atoms with van der Waals surface area (Å²) in [6, 6.07) is 10.2. The van der Waals surface area contributed by atoms with E-state index >= 15 is 0 Å². The number of hydrogen-bond donors (Lipinski definition) is 1. The first-order chi connectivity index (χ1) is 7.27. The third kappa shape index (κ3) is 3.74. The molecular weight excluding hydrogens is 186 g/mol. The Morgan fingerprint density at radius 2 is 1.93 bits per heavy atom. The van der Waals surface area contributed by atoms with Crippen molar-refractivity contribution in [2.24, 2.45) is 5.92 Å². The molecule has 0 aliphatic rings. The minimum absolute atomic E-state index is 0.104. The van der Waals surface area contributed by atoms with Gasteiger partial charge >= 0.3 is 0 Å². The van der Waals surface area contributed by atoms with Gasteiger partial charge < -0.3 is 5.32 Å². The van der Waals surface area contributed by atoms with Gasteiger partial charge in [0.1, 0.15) is 0 Å². The average Bonchev–Trinajstić information content (AvgIpc) is 2.27. The van der Waals surface area contributed by atoms with Gasteiger partial charge in [-0.15, -0.1) is 0 Å². The first-order valence-corrected chi connectivity index (χ1v) is 5.59. The summed E-state index contributed by atoms with van der Waals surface area (Å²) in [5.74, 6) is 0.274. The van der Waals surface area contributed by atoms with Crippen molar-refractivity contribution in [1.29, 1.82) is 0 Å². The van der Waals surface area contributed by atoms with Crippen LogP contribution >= 0.6 is 0 Å². The summed E-state index contributed by atoms with van der Waals surface area (Å²) >= 11 is 0. The number of rotatable bonds is 5. The van der Waals surface area contributed by atoms with Gasteiger partial charge in [0.15, 0.2) is 0 Å². The monoisotopic (exact) mass is 205 g/mol. The van der Waals surface area contributed by atoms with Gasteiger partial charge in [-0.05, 0) is 25.3 Å². The summed E-state index contributed by atoms with van der Waals surface area (Å²) in [6.07, 6.45) is 1.73. The van der Waals surface area contributed by atoms with Crippen LogP contribution in [0.15, 0.2) is 30.3 Å². The molecule has 1 rings (SSSR count). The minimum atomic E-state index is 0.104. The number of benzene rings is 1. The van der Waals surface area contributed by atoms with Gasteiger partial charge in [-0.1, -0.05) is 37.3 Å². The Kier molecular flexibility index (Phi) is 4.88. The molecule has 0 heterocycles. The maximum Gasteiger partial charge on any atom is 0.223 e. The highest BCUT2D eigenvalue weighted by Gasteiger charge is 2.15. The van der Waals surface area contributed by atoms with Crippen LogP contribution in [0.2, 0.25) is 0 Å². The van der Waals surface area contributed by atoms with Gasteiger partial charge in [0, 0.05) is 12.5 Å². The van der Waals surface area contributed by atoms with Crippen molar-refractivity contribution in [2.75, 3.05) is 6.54 Å². The topological polar surface area (TPSA) is 29.1 Å². The number of hydrogen-bond acceptors (Lipinski definition) is 1. The van der Waals surface area contributed by atoms with Crippen LogP contribution in [-0.4, -0.2) is 12.5 Å². The van der Waals surface area contributed by atoms with Gasteiger partial charge in [-0.3, -0.25) is 4.79 Å². The molecular formula is C13H19NO. The zero-order valence-electron chi connectivity index (χ0n) is 9.49. The summed E-state index contributed by atoms with van der Waals surface area (Å²) < 4.78 is 0. The molecule has 1 aromatic carbocycles. The molecule has 1 N–H and O–H groups in total. The van der Waals surface area contributed by atoms with Crippen molar-refractivity contribution in [3.8, 4) is 0 Å². The minimum Gasteiger partial charge on any atom is -0.356 e. The predicted molar refractivity (Wildman–Crippen MR) is 62.6 cm³/mol. The lowest BCUT2D eigenvalue weighted by Crippen LogP contribution is -2.31. The van der Waals surface area contributed by atoms with Crippen molar-refractivity contribution in [1.82, 2.24) is 5.32 Å². The zero-order valence-corrected chi connectivity index (χ0v) is 9.49.